The van der Waals surface area contributed by atoms with Crippen molar-refractivity contribution in [1.82, 2.24) is 19.9 Å². The Hall–Kier alpha value is -7.77. The van der Waals surface area contributed by atoms with Gasteiger partial charge in [-0.2, -0.15) is 0 Å². The maximum atomic E-state index is 5.49. The van der Waals surface area contributed by atoms with Gasteiger partial charge in [0, 0.05) is 63.0 Å². The average Bonchev–Trinajstić information content (AvgIpc) is 3.90. The SMILES string of the molecule is c1ccc(-c2nc(-c3cccc(-c4nc5ccccc5c5cc6c(cc45)Sc4ccccc4C64c5ccccc5-c5ccccc54)c3)nc(-c3cccc4c3sc3ccccc34)n2)cc1. The first kappa shape index (κ1) is 36.7. The molecule has 2 aliphatic rings. The molecule has 302 valence electrons. The number of fused-ring (bicyclic) bond motifs is 15. The van der Waals surface area contributed by atoms with Crippen LogP contribution in [0.15, 0.2) is 216 Å². The maximum Gasteiger partial charge on any atom is 0.165 e. The van der Waals surface area contributed by atoms with Gasteiger partial charge in [0.2, 0.25) is 0 Å². The van der Waals surface area contributed by atoms with Crippen molar-refractivity contribution in [2.45, 2.75) is 15.2 Å². The molecule has 1 spiro atoms. The zero-order chi connectivity index (χ0) is 42.6. The smallest absolute Gasteiger partial charge is 0.165 e. The van der Waals surface area contributed by atoms with E-state index in [1.807, 2.05) is 30.0 Å². The monoisotopic (exact) mass is 862 g/mol. The van der Waals surface area contributed by atoms with Crippen LogP contribution in [-0.2, 0) is 5.41 Å². The van der Waals surface area contributed by atoms with Gasteiger partial charge < -0.3 is 0 Å². The summed E-state index contributed by atoms with van der Waals surface area (Å²) in [4.78, 5) is 23.6. The highest BCUT2D eigenvalue weighted by Crippen LogP contribution is 2.62. The topological polar surface area (TPSA) is 51.6 Å². The standard InChI is InChI=1S/C59H34N4S2/c1-2-16-35(17-3-1)56-61-57(63-58(62-56)43-25-15-24-42-41-23-7-12-30-51(41)65-55(42)43)37-19-14-18-36(32-37)54-45-34-53-49(33-44(45)40-22-6-11-29-50(40)60-54)59(48-28-10-13-31-52(48)64-53)46-26-8-4-20-38(46)39-21-5-9-27-47(39)59/h1-34H. The van der Waals surface area contributed by atoms with E-state index in [4.69, 9.17) is 19.9 Å². The molecule has 12 aromatic rings. The average molecular weight is 863 g/mol. The summed E-state index contributed by atoms with van der Waals surface area (Å²) in [6, 6.07) is 74.3. The van der Waals surface area contributed by atoms with Crippen molar-refractivity contribution in [3.63, 3.8) is 0 Å². The zero-order valence-corrected chi connectivity index (χ0v) is 36.4. The molecule has 0 saturated carbocycles. The van der Waals surface area contributed by atoms with Gasteiger partial charge in [0.25, 0.3) is 0 Å². The van der Waals surface area contributed by atoms with E-state index in [0.717, 1.165) is 44.2 Å². The Bertz CT molecular complexity index is 3900. The summed E-state index contributed by atoms with van der Waals surface area (Å²) in [7, 11) is 0. The molecule has 1 aliphatic heterocycles. The van der Waals surface area contributed by atoms with Crippen LogP contribution in [0.4, 0.5) is 0 Å². The van der Waals surface area contributed by atoms with Gasteiger partial charge in [-0.05, 0) is 81.2 Å². The molecule has 0 radical (unpaired) electrons. The number of rotatable bonds is 4. The van der Waals surface area contributed by atoms with Crippen molar-refractivity contribution in [1.29, 1.82) is 0 Å². The molecule has 0 atom stereocenters. The second-order valence-electron chi connectivity index (χ2n) is 16.8. The van der Waals surface area contributed by atoms with Crippen LogP contribution < -0.4 is 0 Å². The first-order valence-corrected chi connectivity index (χ1v) is 23.5. The van der Waals surface area contributed by atoms with E-state index in [1.165, 1.54) is 68.7 Å². The molecule has 0 bridgehead atoms. The molecular weight excluding hydrogens is 829 g/mol. The van der Waals surface area contributed by atoms with Gasteiger partial charge in [-0.3, -0.25) is 0 Å². The number of benzene rings is 9. The molecule has 0 fully saturated rings. The molecule has 0 unspecified atom stereocenters. The molecule has 3 aromatic heterocycles. The Labute approximate surface area is 383 Å². The van der Waals surface area contributed by atoms with Crippen molar-refractivity contribution in [2.75, 3.05) is 0 Å². The number of pyridine rings is 1. The highest BCUT2D eigenvalue weighted by Gasteiger charge is 2.50. The first-order chi connectivity index (χ1) is 32.2. The van der Waals surface area contributed by atoms with Crippen molar-refractivity contribution in [2.24, 2.45) is 0 Å². The fourth-order valence-corrected chi connectivity index (χ4v) is 13.0. The van der Waals surface area contributed by atoms with Gasteiger partial charge in [0.15, 0.2) is 17.5 Å². The lowest BCUT2D eigenvalue weighted by atomic mass is 9.67. The summed E-state index contributed by atoms with van der Waals surface area (Å²) in [5.74, 6) is 1.90. The predicted octanol–water partition coefficient (Wildman–Crippen LogP) is 15.4. The van der Waals surface area contributed by atoms with Gasteiger partial charge in [-0.15, -0.1) is 11.3 Å². The normalized spacial score (nSPS) is 13.3. The first-order valence-electron chi connectivity index (χ1n) is 21.9. The second-order valence-corrected chi connectivity index (χ2v) is 19.0. The molecule has 0 amide bonds. The molecule has 14 rings (SSSR count). The van der Waals surface area contributed by atoms with Crippen LogP contribution in [0.2, 0.25) is 0 Å². The van der Waals surface area contributed by atoms with Crippen molar-refractivity contribution >= 4 is 64.9 Å². The van der Waals surface area contributed by atoms with Crippen LogP contribution in [0.25, 0.3) is 98.4 Å². The van der Waals surface area contributed by atoms with Crippen LogP contribution in [0, 0.1) is 0 Å². The zero-order valence-electron chi connectivity index (χ0n) is 34.7. The minimum Gasteiger partial charge on any atom is -0.247 e. The van der Waals surface area contributed by atoms with Crippen molar-refractivity contribution in [3.05, 3.63) is 229 Å². The largest absolute Gasteiger partial charge is 0.247 e. The minimum absolute atomic E-state index is 0.476. The third-order valence-electron chi connectivity index (χ3n) is 13.4. The van der Waals surface area contributed by atoms with E-state index in [9.17, 15) is 0 Å². The molecule has 0 saturated heterocycles. The van der Waals surface area contributed by atoms with E-state index in [1.54, 1.807) is 11.3 Å². The summed E-state index contributed by atoms with van der Waals surface area (Å²) in [5, 5.41) is 5.87. The molecule has 4 nitrogen and oxygen atoms in total. The maximum absolute atomic E-state index is 5.49. The van der Waals surface area contributed by atoms with Crippen LogP contribution >= 0.6 is 23.1 Å². The molecule has 9 aromatic carbocycles. The second kappa shape index (κ2) is 14.1. The molecular formula is C59H34N4S2. The minimum atomic E-state index is -0.476. The Morgan fingerprint density at radius 3 is 1.77 bits per heavy atom. The Balaban J connectivity index is 0.993. The van der Waals surface area contributed by atoms with E-state index in [-0.39, 0.29) is 0 Å². The lowest BCUT2D eigenvalue weighted by Crippen LogP contribution is -2.32. The van der Waals surface area contributed by atoms with E-state index in [2.05, 4.69) is 188 Å². The van der Waals surface area contributed by atoms with E-state index >= 15 is 0 Å². The van der Waals surface area contributed by atoms with Crippen molar-refractivity contribution in [3.8, 4) is 56.5 Å². The Morgan fingerprint density at radius 2 is 0.938 bits per heavy atom. The molecule has 6 heteroatoms. The van der Waals surface area contributed by atoms with Crippen LogP contribution in [0.3, 0.4) is 0 Å². The third-order valence-corrected chi connectivity index (χ3v) is 15.7. The summed E-state index contributed by atoms with van der Waals surface area (Å²) < 4.78 is 2.41. The highest BCUT2D eigenvalue weighted by molar-refractivity contribution is 7.99. The quantitative estimate of drug-likeness (QED) is 0.165. The Morgan fingerprint density at radius 1 is 0.338 bits per heavy atom. The number of nitrogens with zero attached hydrogens (tertiary/aromatic N) is 4. The van der Waals surface area contributed by atoms with Crippen LogP contribution in [-0.4, -0.2) is 19.9 Å². The lowest BCUT2D eigenvalue weighted by molar-refractivity contribution is 0.724. The van der Waals surface area contributed by atoms with E-state index in [0.29, 0.717) is 17.5 Å². The van der Waals surface area contributed by atoms with Gasteiger partial charge in [0.1, 0.15) is 0 Å². The fourth-order valence-electron chi connectivity index (χ4n) is 10.6. The Kier molecular flexibility index (Phi) is 7.97. The summed E-state index contributed by atoms with van der Waals surface area (Å²) in [6.45, 7) is 0. The van der Waals surface area contributed by atoms with Crippen LogP contribution in [0.1, 0.15) is 22.3 Å². The van der Waals surface area contributed by atoms with E-state index < -0.39 is 5.41 Å². The van der Waals surface area contributed by atoms with Gasteiger partial charge in [0.05, 0.1) is 16.6 Å². The van der Waals surface area contributed by atoms with Gasteiger partial charge in [-0.1, -0.05) is 176 Å². The number of para-hydroxylation sites is 1. The molecule has 4 heterocycles. The third kappa shape index (κ3) is 5.39. The number of hydrogen-bond acceptors (Lipinski definition) is 6. The van der Waals surface area contributed by atoms with Gasteiger partial charge in [-0.25, -0.2) is 19.9 Å². The van der Waals surface area contributed by atoms with Crippen molar-refractivity contribution < 1.29 is 0 Å². The summed E-state index contributed by atoms with van der Waals surface area (Å²) in [5.41, 5.74) is 13.1. The molecule has 65 heavy (non-hydrogen) atoms. The lowest BCUT2D eigenvalue weighted by Gasteiger charge is -2.40. The summed E-state index contributed by atoms with van der Waals surface area (Å²) >= 11 is 3.65. The highest BCUT2D eigenvalue weighted by atomic mass is 32.2. The van der Waals surface area contributed by atoms with Gasteiger partial charge >= 0.3 is 0 Å². The number of thiophene rings is 1. The number of hydrogen-bond donors (Lipinski definition) is 0. The fraction of sp³-hybridized carbons (Fsp3) is 0.0169. The summed E-state index contributed by atoms with van der Waals surface area (Å²) in [6.07, 6.45) is 0. The predicted molar refractivity (Wildman–Crippen MR) is 269 cm³/mol. The number of aromatic nitrogens is 4. The molecule has 0 N–H and O–H groups in total. The van der Waals surface area contributed by atoms with Crippen LogP contribution in [0.5, 0.6) is 0 Å². The molecule has 1 aliphatic carbocycles.